The lowest BCUT2D eigenvalue weighted by Crippen LogP contribution is -2.28. The van der Waals surface area contributed by atoms with Gasteiger partial charge in [0.2, 0.25) is 0 Å². The van der Waals surface area contributed by atoms with E-state index in [9.17, 15) is 4.79 Å². The summed E-state index contributed by atoms with van der Waals surface area (Å²) in [7, 11) is 0. The summed E-state index contributed by atoms with van der Waals surface area (Å²) < 4.78 is 0. The van der Waals surface area contributed by atoms with E-state index in [0.717, 1.165) is 45.3 Å². The molecule has 3 rings (SSSR count). The van der Waals surface area contributed by atoms with Crippen LogP contribution in [-0.4, -0.2) is 35.6 Å². The molecule has 1 aliphatic carbocycles. The summed E-state index contributed by atoms with van der Waals surface area (Å²) in [5, 5.41) is 11.5. The van der Waals surface area contributed by atoms with Crippen LogP contribution in [0.5, 0.6) is 0 Å². The molecule has 1 aliphatic rings. The molecule has 0 radical (unpaired) electrons. The highest BCUT2D eigenvalue weighted by atomic mass is 16.4. The topological polar surface area (TPSA) is 40.5 Å². The molecule has 30 heavy (non-hydrogen) atoms. The van der Waals surface area contributed by atoms with E-state index in [2.05, 4.69) is 53.4 Å². The van der Waals surface area contributed by atoms with Crippen LogP contribution in [0.25, 0.3) is 10.8 Å². The maximum atomic E-state index is 10.7. The van der Waals surface area contributed by atoms with Crippen LogP contribution in [0.2, 0.25) is 0 Å². The third kappa shape index (κ3) is 7.60. The van der Waals surface area contributed by atoms with Gasteiger partial charge in [-0.2, -0.15) is 0 Å². The summed E-state index contributed by atoms with van der Waals surface area (Å²) in [6.45, 7) is 3.29. The molecule has 2 aromatic carbocycles. The number of hydrogen-bond acceptors (Lipinski definition) is 2. The van der Waals surface area contributed by atoms with Gasteiger partial charge in [-0.3, -0.25) is 4.79 Å². The number of aliphatic carboxylic acids is 1. The van der Waals surface area contributed by atoms with Gasteiger partial charge in [0.1, 0.15) is 0 Å². The van der Waals surface area contributed by atoms with E-state index in [1.807, 2.05) is 0 Å². The molecular weight excluding hydrogens is 370 g/mol. The van der Waals surface area contributed by atoms with Gasteiger partial charge in [0.25, 0.3) is 0 Å². The molecule has 0 spiro atoms. The lowest BCUT2D eigenvalue weighted by molar-refractivity contribution is -0.137. The lowest BCUT2D eigenvalue weighted by atomic mass is 9.96. The maximum Gasteiger partial charge on any atom is 0.303 e. The third-order valence-corrected chi connectivity index (χ3v) is 6.30. The summed E-state index contributed by atoms with van der Waals surface area (Å²) in [5.74, 6) is -0.677. The first kappa shape index (κ1) is 22.6. The Morgan fingerprint density at radius 3 is 2.53 bits per heavy atom. The van der Waals surface area contributed by atoms with Crippen molar-refractivity contribution in [2.24, 2.45) is 0 Å². The standard InChI is InChI=1S/C27H37NO2/c29-27(30)18-5-2-8-20-28(21-10-13-23-11-3-1-4-12-23)22-19-25-16-9-15-24-14-6-7-17-26(24)25/h6-7,9,11,14-17H,1-5,8,10,12-13,18-22H2,(H,29,30). The molecule has 0 aromatic heterocycles. The van der Waals surface area contributed by atoms with Crippen LogP contribution in [0, 0.1) is 0 Å². The van der Waals surface area contributed by atoms with Crippen LogP contribution in [-0.2, 0) is 11.2 Å². The minimum atomic E-state index is -0.677. The third-order valence-electron chi connectivity index (χ3n) is 6.30. The van der Waals surface area contributed by atoms with E-state index in [0.29, 0.717) is 6.42 Å². The molecular formula is C27H37NO2. The molecule has 1 N–H and O–H groups in total. The van der Waals surface area contributed by atoms with Crippen LogP contribution in [0.15, 0.2) is 54.1 Å². The summed E-state index contributed by atoms with van der Waals surface area (Å²) in [6.07, 6.45) is 14.5. The second-order valence-electron chi connectivity index (χ2n) is 8.65. The zero-order valence-electron chi connectivity index (χ0n) is 18.3. The number of fused-ring (bicyclic) bond motifs is 1. The molecule has 0 fully saturated rings. The van der Waals surface area contributed by atoms with Crippen molar-refractivity contribution in [3.8, 4) is 0 Å². The minimum Gasteiger partial charge on any atom is -0.481 e. The largest absolute Gasteiger partial charge is 0.481 e. The Balaban J connectivity index is 1.52. The zero-order chi connectivity index (χ0) is 21.0. The number of carboxylic acid groups (broad SMARTS) is 1. The van der Waals surface area contributed by atoms with Crippen molar-refractivity contribution in [2.45, 2.75) is 70.6 Å². The van der Waals surface area contributed by atoms with Gasteiger partial charge in [-0.1, -0.05) is 60.5 Å². The van der Waals surface area contributed by atoms with Crippen LogP contribution < -0.4 is 0 Å². The van der Waals surface area contributed by atoms with Crippen molar-refractivity contribution in [3.63, 3.8) is 0 Å². The Hall–Kier alpha value is -2.13. The summed E-state index contributed by atoms with van der Waals surface area (Å²) in [6, 6.07) is 15.3. The van der Waals surface area contributed by atoms with Gasteiger partial charge in [0.15, 0.2) is 0 Å². The average molecular weight is 408 g/mol. The summed E-state index contributed by atoms with van der Waals surface area (Å²) in [4.78, 5) is 13.3. The predicted octanol–water partition coefficient (Wildman–Crippen LogP) is 6.61. The molecule has 3 heteroatoms. The second kappa shape index (κ2) is 12.5. The highest BCUT2D eigenvalue weighted by molar-refractivity contribution is 5.85. The number of nitrogens with zero attached hydrogens (tertiary/aromatic N) is 1. The van der Waals surface area contributed by atoms with Crippen LogP contribution in [0.1, 0.15) is 69.8 Å². The Labute approximate surface area is 181 Å². The summed E-state index contributed by atoms with van der Waals surface area (Å²) >= 11 is 0. The molecule has 2 aromatic rings. The van der Waals surface area contributed by atoms with Crippen molar-refractivity contribution in [1.29, 1.82) is 0 Å². The molecule has 0 heterocycles. The van der Waals surface area contributed by atoms with Gasteiger partial charge in [0, 0.05) is 13.0 Å². The van der Waals surface area contributed by atoms with Crippen molar-refractivity contribution in [2.75, 3.05) is 19.6 Å². The van der Waals surface area contributed by atoms with Crippen molar-refractivity contribution < 1.29 is 9.90 Å². The van der Waals surface area contributed by atoms with Crippen LogP contribution >= 0.6 is 0 Å². The second-order valence-corrected chi connectivity index (χ2v) is 8.65. The fourth-order valence-corrected chi connectivity index (χ4v) is 4.57. The number of unbranched alkanes of at least 4 members (excludes halogenated alkanes) is 2. The Morgan fingerprint density at radius 1 is 0.867 bits per heavy atom. The molecule has 3 nitrogen and oxygen atoms in total. The van der Waals surface area contributed by atoms with Gasteiger partial charge in [0.05, 0.1) is 0 Å². The zero-order valence-corrected chi connectivity index (χ0v) is 18.3. The monoisotopic (exact) mass is 407 g/mol. The minimum absolute atomic E-state index is 0.296. The first-order chi connectivity index (χ1) is 14.7. The SMILES string of the molecule is O=C(O)CCCCCN(CCCC1=CCCCC1)CCc1cccc2ccccc12. The quantitative estimate of drug-likeness (QED) is 0.300. The lowest BCUT2D eigenvalue weighted by Gasteiger charge is -2.23. The van der Waals surface area contributed by atoms with Crippen LogP contribution in [0.3, 0.4) is 0 Å². The van der Waals surface area contributed by atoms with Gasteiger partial charge in [-0.05, 0) is 87.2 Å². The molecule has 0 amide bonds. The smallest absolute Gasteiger partial charge is 0.303 e. The normalized spacial score (nSPS) is 14.2. The fraction of sp³-hybridized carbons (Fsp3) is 0.519. The number of hydrogen-bond donors (Lipinski definition) is 1. The van der Waals surface area contributed by atoms with Crippen LogP contribution in [0.4, 0.5) is 0 Å². The maximum absolute atomic E-state index is 10.7. The van der Waals surface area contributed by atoms with E-state index < -0.39 is 5.97 Å². The highest BCUT2D eigenvalue weighted by Crippen LogP contribution is 2.22. The van der Waals surface area contributed by atoms with E-state index in [1.165, 1.54) is 54.9 Å². The number of allylic oxidation sites excluding steroid dienone is 2. The fourth-order valence-electron chi connectivity index (χ4n) is 4.57. The number of benzene rings is 2. The van der Waals surface area contributed by atoms with E-state index in [-0.39, 0.29) is 0 Å². The summed E-state index contributed by atoms with van der Waals surface area (Å²) in [5.41, 5.74) is 3.09. The first-order valence-electron chi connectivity index (χ1n) is 11.8. The van der Waals surface area contributed by atoms with Gasteiger partial charge in [-0.15, -0.1) is 0 Å². The molecule has 0 unspecified atom stereocenters. The Morgan fingerprint density at radius 2 is 1.70 bits per heavy atom. The Bertz CT molecular complexity index is 821. The molecule has 0 saturated carbocycles. The van der Waals surface area contributed by atoms with E-state index >= 15 is 0 Å². The van der Waals surface area contributed by atoms with E-state index in [1.54, 1.807) is 5.57 Å². The molecule has 0 saturated heterocycles. The molecule has 0 atom stereocenters. The van der Waals surface area contributed by atoms with Crippen molar-refractivity contribution in [1.82, 2.24) is 4.90 Å². The Kier molecular flexibility index (Phi) is 9.43. The molecule has 0 aliphatic heterocycles. The first-order valence-corrected chi connectivity index (χ1v) is 11.8. The van der Waals surface area contributed by atoms with Gasteiger partial charge in [-0.25, -0.2) is 0 Å². The average Bonchev–Trinajstić information content (AvgIpc) is 2.77. The van der Waals surface area contributed by atoms with E-state index in [4.69, 9.17) is 5.11 Å². The number of rotatable bonds is 13. The number of carboxylic acids is 1. The number of carbonyl (C=O) groups is 1. The molecule has 162 valence electrons. The van der Waals surface area contributed by atoms with Crippen molar-refractivity contribution in [3.05, 3.63) is 59.7 Å². The molecule has 0 bridgehead atoms. The van der Waals surface area contributed by atoms with Gasteiger partial charge >= 0.3 is 5.97 Å². The highest BCUT2D eigenvalue weighted by Gasteiger charge is 2.09. The van der Waals surface area contributed by atoms with Gasteiger partial charge < -0.3 is 10.0 Å². The predicted molar refractivity (Wildman–Crippen MR) is 126 cm³/mol. The van der Waals surface area contributed by atoms with Crippen molar-refractivity contribution >= 4 is 16.7 Å².